The molecule has 0 saturated carbocycles. The van der Waals surface area contributed by atoms with Crippen molar-refractivity contribution < 1.29 is 4.79 Å². The van der Waals surface area contributed by atoms with Gasteiger partial charge in [-0.2, -0.15) is 0 Å². The number of piperidine rings is 1. The number of carbonyl (C=O) groups excluding carboxylic acids is 1. The number of rotatable bonds is 4. The molecule has 2 fully saturated rings. The molecule has 0 aliphatic carbocycles. The second-order valence-corrected chi connectivity index (χ2v) is 6.38. The number of piperazine rings is 1. The molecule has 1 aromatic heterocycles. The summed E-state index contributed by atoms with van der Waals surface area (Å²) in [5.41, 5.74) is 1.11. The van der Waals surface area contributed by atoms with Gasteiger partial charge >= 0.3 is 0 Å². The maximum Gasteiger partial charge on any atom is 0.222 e. The normalized spacial score (nSPS) is 18.5. The first-order valence-corrected chi connectivity index (χ1v) is 8.42. The maximum atomic E-state index is 12.4. The average Bonchev–Trinajstić information content (AvgIpc) is 2.57. The van der Waals surface area contributed by atoms with E-state index >= 15 is 0 Å². The van der Waals surface area contributed by atoms with Crippen LogP contribution < -0.4 is 5.32 Å². The molecule has 0 radical (unpaired) electrons. The second-order valence-electron chi connectivity index (χ2n) is 6.38. The number of hydrogen-bond donors (Lipinski definition) is 1. The lowest BCUT2D eigenvalue weighted by Crippen LogP contribution is -2.48. The summed E-state index contributed by atoms with van der Waals surface area (Å²) in [5, 5.41) is 3.36. The zero-order valence-electron chi connectivity index (χ0n) is 14.4. The molecule has 25 heavy (non-hydrogen) atoms. The Morgan fingerprint density at radius 1 is 1.08 bits per heavy atom. The summed E-state index contributed by atoms with van der Waals surface area (Å²) >= 11 is 0. The summed E-state index contributed by atoms with van der Waals surface area (Å²) in [6.07, 6.45) is 4.87. The van der Waals surface area contributed by atoms with Crippen LogP contribution >= 0.6 is 37.2 Å². The predicted octanol–water partition coefficient (Wildman–Crippen LogP) is 2.38. The van der Waals surface area contributed by atoms with Crippen molar-refractivity contribution in [1.29, 1.82) is 0 Å². The lowest BCUT2D eigenvalue weighted by atomic mass is 9.94. The van der Waals surface area contributed by atoms with Crippen LogP contribution in [0.15, 0.2) is 24.4 Å². The molecule has 1 amide bonds. The quantitative estimate of drug-likeness (QED) is 0.826. The molecule has 1 aromatic rings. The third kappa shape index (κ3) is 7.67. The summed E-state index contributed by atoms with van der Waals surface area (Å²) in [5.74, 6) is 0.935. The SMILES string of the molecule is Cl.Cl.Cl.O=C(CC1CCNCC1)N1CCN(Cc2ccccn2)CC1. The summed E-state index contributed by atoms with van der Waals surface area (Å²) in [7, 11) is 0. The van der Waals surface area contributed by atoms with Crippen LogP contribution in [0.1, 0.15) is 25.0 Å². The fourth-order valence-electron chi connectivity index (χ4n) is 3.34. The minimum Gasteiger partial charge on any atom is -0.340 e. The van der Waals surface area contributed by atoms with E-state index in [0.717, 1.165) is 70.8 Å². The van der Waals surface area contributed by atoms with Crippen LogP contribution in [0.2, 0.25) is 0 Å². The van der Waals surface area contributed by atoms with E-state index in [2.05, 4.69) is 26.2 Å². The van der Waals surface area contributed by atoms with Gasteiger partial charge in [0.05, 0.1) is 5.69 Å². The molecule has 2 aliphatic heterocycles. The van der Waals surface area contributed by atoms with Gasteiger partial charge in [-0.1, -0.05) is 6.07 Å². The molecule has 0 aromatic carbocycles. The first kappa shape index (κ1) is 24.4. The van der Waals surface area contributed by atoms with E-state index in [1.807, 2.05) is 18.3 Å². The lowest BCUT2D eigenvalue weighted by molar-refractivity contribution is -0.134. The summed E-state index contributed by atoms with van der Waals surface area (Å²) < 4.78 is 0. The van der Waals surface area contributed by atoms with Gasteiger partial charge in [0.15, 0.2) is 0 Å². The second kappa shape index (κ2) is 12.7. The molecule has 8 heteroatoms. The summed E-state index contributed by atoms with van der Waals surface area (Å²) in [6, 6.07) is 6.04. The third-order valence-corrected chi connectivity index (χ3v) is 4.76. The van der Waals surface area contributed by atoms with Gasteiger partial charge < -0.3 is 10.2 Å². The molecular weight excluding hydrogens is 383 g/mol. The van der Waals surface area contributed by atoms with Crippen LogP contribution in [0.3, 0.4) is 0 Å². The van der Waals surface area contributed by atoms with Gasteiger partial charge in [-0.05, 0) is 44.0 Å². The highest BCUT2D eigenvalue weighted by molar-refractivity contribution is 5.86. The van der Waals surface area contributed by atoms with E-state index < -0.39 is 0 Å². The van der Waals surface area contributed by atoms with Crippen molar-refractivity contribution >= 4 is 43.1 Å². The van der Waals surface area contributed by atoms with Gasteiger partial charge in [-0.15, -0.1) is 37.2 Å². The number of amides is 1. The highest BCUT2D eigenvalue weighted by Crippen LogP contribution is 2.18. The molecule has 0 atom stereocenters. The Labute approximate surface area is 169 Å². The first-order chi connectivity index (χ1) is 10.8. The monoisotopic (exact) mass is 410 g/mol. The van der Waals surface area contributed by atoms with Gasteiger partial charge in [0, 0.05) is 45.3 Å². The van der Waals surface area contributed by atoms with E-state index in [1.54, 1.807) is 0 Å². The number of halogens is 3. The summed E-state index contributed by atoms with van der Waals surface area (Å²) in [4.78, 5) is 21.2. The Balaban J connectivity index is 0.00000192. The number of pyridine rings is 1. The van der Waals surface area contributed by atoms with E-state index in [0.29, 0.717) is 11.8 Å². The Morgan fingerprint density at radius 3 is 2.36 bits per heavy atom. The molecule has 0 unspecified atom stereocenters. The number of hydrogen-bond acceptors (Lipinski definition) is 4. The Bertz CT molecular complexity index is 478. The van der Waals surface area contributed by atoms with E-state index in [4.69, 9.17) is 0 Å². The van der Waals surface area contributed by atoms with Crippen LogP contribution in [-0.4, -0.2) is 60.0 Å². The molecule has 2 aliphatic rings. The highest BCUT2D eigenvalue weighted by atomic mass is 35.5. The predicted molar refractivity (Wildman–Crippen MR) is 108 cm³/mol. The van der Waals surface area contributed by atoms with Gasteiger partial charge in [0.2, 0.25) is 5.91 Å². The molecular formula is C17H29Cl3N4O. The van der Waals surface area contributed by atoms with Crippen molar-refractivity contribution in [2.24, 2.45) is 5.92 Å². The van der Waals surface area contributed by atoms with Crippen molar-refractivity contribution in [3.8, 4) is 0 Å². The topological polar surface area (TPSA) is 48.5 Å². The van der Waals surface area contributed by atoms with E-state index in [9.17, 15) is 4.79 Å². The first-order valence-electron chi connectivity index (χ1n) is 8.42. The van der Waals surface area contributed by atoms with Gasteiger partial charge in [-0.3, -0.25) is 14.7 Å². The number of nitrogens with one attached hydrogen (secondary N) is 1. The molecule has 5 nitrogen and oxygen atoms in total. The highest BCUT2D eigenvalue weighted by Gasteiger charge is 2.24. The Kier molecular flexibility index (Phi) is 12.4. The largest absolute Gasteiger partial charge is 0.340 e. The van der Waals surface area contributed by atoms with Crippen molar-refractivity contribution in [3.05, 3.63) is 30.1 Å². The zero-order valence-corrected chi connectivity index (χ0v) is 16.9. The van der Waals surface area contributed by atoms with Crippen LogP contribution in [0, 0.1) is 5.92 Å². The molecule has 3 rings (SSSR count). The van der Waals surface area contributed by atoms with Crippen LogP contribution in [-0.2, 0) is 11.3 Å². The van der Waals surface area contributed by atoms with Crippen molar-refractivity contribution in [1.82, 2.24) is 20.1 Å². The number of aromatic nitrogens is 1. The number of carbonyl (C=O) groups is 1. The standard InChI is InChI=1S/C17H26N4O.3ClH/c22-17(13-15-4-7-18-8-5-15)21-11-9-20(10-12-21)14-16-3-1-2-6-19-16;;;/h1-3,6,15,18H,4-5,7-14H2;3*1H. The maximum absolute atomic E-state index is 12.4. The molecule has 0 bridgehead atoms. The number of nitrogens with zero attached hydrogens (tertiary/aromatic N) is 3. The van der Waals surface area contributed by atoms with E-state index in [1.165, 1.54) is 0 Å². The minimum absolute atomic E-state index is 0. The van der Waals surface area contributed by atoms with Crippen LogP contribution in [0.5, 0.6) is 0 Å². The van der Waals surface area contributed by atoms with Crippen molar-refractivity contribution in [3.63, 3.8) is 0 Å². The van der Waals surface area contributed by atoms with Crippen molar-refractivity contribution in [2.75, 3.05) is 39.3 Å². The molecule has 2 saturated heterocycles. The van der Waals surface area contributed by atoms with E-state index in [-0.39, 0.29) is 37.2 Å². The third-order valence-electron chi connectivity index (χ3n) is 4.76. The Morgan fingerprint density at radius 2 is 1.76 bits per heavy atom. The fourth-order valence-corrected chi connectivity index (χ4v) is 3.34. The Hall–Kier alpha value is -0.590. The van der Waals surface area contributed by atoms with Gasteiger partial charge in [-0.25, -0.2) is 0 Å². The average molecular weight is 412 g/mol. The van der Waals surface area contributed by atoms with Crippen LogP contribution in [0.4, 0.5) is 0 Å². The smallest absolute Gasteiger partial charge is 0.222 e. The molecule has 144 valence electrons. The minimum atomic E-state index is 0. The molecule has 0 spiro atoms. The van der Waals surface area contributed by atoms with Crippen molar-refractivity contribution in [2.45, 2.75) is 25.8 Å². The van der Waals surface area contributed by atoms with Gasteiger partial charge in [0.1, 0.15) is 0 Å². The lowest BCUT2D eigenvalue weighted by Gasteiger charge is -2.35. The molecule has 3 heterocycles. The summed E-state index contributed by atoms with van der Waals surface area (Å²) in [6.45, 7) is 6.64. The van der Waals surface area contributed by atoms with Crippen LogP contribution in [0.25, 0.3) is 0 Å². The fraction of sp³-hybridized carbons (Fsp3) is 0.647. The zero-order chi connectivity index (χ0) is 15.2. The molecule has 1 N–H and O–H groups in total. The van der Waals surface area contributed by atoms with Gasteiger partial charge in [0.25, 0.3) is 0 Å².